The van der Waals surface area contributed by atoms with Crippen LogP contribution in [0.1, 0.15) is 47.2 Å². The smallest absolute Gasteiger partial charge is 0.309 e. The molecule has 1 aliphatic heterocycles. The van der Waals surface area contributed by atoms with E-state index in [1.165, 1.54) is 44.8 Å². The topological polar surface area (TPSA) is 41.8 Å². The van der Waals surface area contributed by atoms with E-state index in [1.54, 1.807) is 0 Å². The van der Waals surface area contributed by atoms with Crippen LogP contribution in [0.5, 0.6) is 0 Å². The van der Waals surface area contributed by atoms with Gasteiger partial charge in [0.25, 0.3) is 0 Å². The molecule has 1 unspecified atom stereocenters. The average molecular weight is 458 g/mol. The molecular formula is C26H38N2O3P+. The van der Waals surface area contributed by atoms with Crippen molar-refractivity contribution in [3.05, 3.63) is 57.6 Å². The molecule has 5 nitrogen and oxygen atoms in total. The van der Waals surface area contributed by atoms with Gasteiger partial charge < -0.3 is 9.05 Å². The molecule has 174 valence electrons. The molecule has 6 heteroatoms. The van der Waals surface area contributed by atoms with Crippen molar-refractivity contribution in [3.8, 4) is 0 Å². The molecule has 0 saturated heterocycles. The van der Waals surface area contributed by atoms with Gasteiger partial charge in [-0.25, -0.2) is 9.48 Å². The second-order valence-corrected chi connectivity index (χ2v) is 11.1. The standard InChI is InChI=1S/C26H38N2O3P/c1-9-30-32(29,31-10-2)16-24-15-27(25-20(5)11-18(3)12-21(25)6)17-28(24)26-22(7)13-19(4)14-23(26)8/h11-14,17,24H,9-10,15-16H2,1-8H3/q+1. The summed E-state index contributed by atoms with van der Waals surface area (Å²) < 4.78 is 27.1. The van der Waals surface area contributed by atoms with Crippen molar-refractivity contribution in [3.63, 3.8) is 0 Å². The molecule has 2 aromatic rings. The van der Waals surface area contributed by atoms with Crippen molar-refractivity contribution in [2.75, 3.05) is 30.8 Å². The van der Waals surface area contributed by atoms with Gasteiger partial charge in [0, 0.05) is 0 Å². The van der Waals surface area contributed by atoms with E-state index in [-0.39, 0.29) is 6.04 Å². The highest BCUT2D eigenvalue weighted by Crippen LogP contribution is 2.50. The number of benzene rings is 2. The van der Waals surface area contributed by atoms with Crippen molar-refractivity contribution >= 4 is 25.3 Å². The van der Waals surface area contributed by atoms with Gasteiger partial charge >= 0.3 is 7.60 Å². The van der Waals surface area contributed by atoms with Gasteiger partial charge in [-0.05, 0) is 77.6 Å². The zero-order chi connectivity index (χ0) is 23.6. The Morgan fingerprint density at radius 2 is 1.34 bits per heavy atom. The maximum Gasteiger partial charge on any atom is 0.335 e. The molecule has 0 bridgehead atoms. The van der Waals surface area contributed by atoms with Gasteiger partial charge in [0.2, 0.25) is 6.34 Å². The summed E-state index contributed by atoms with van der Waals surface area (Å²) >= 11 is 0. The van der Waals surface area contributed by atoms with Gasteiger partial charge in [-0.1, -0.05) is 35.4 Å². The number of anilines is 1. The normalized spacial score (nSPS) is 16.6. The summed E-state index contributed by atoms with van der Waals surface area (Å²) in [5.41, 5.74) is 9.81. The molecule has 0 fully saturated rings. The van der Waals surface area contributed by atoms with E-state index in [2.05, 4.69) is 81.6 Å². The van der Waals surface area contributed by atoms with Crippen molar-refractivity contribution in [1.82, 2.24) is 0 Å². The van der Waals surface area contributed by atoms with Gasteiger partial charge in [0.1, 0.15) is 24.0 Å². The monoisotopic (exact) mass is 457 g/mol. The second kappa shape index (κ2) is 9.91. The van der Waals surface area contributed by atoms with Crippen molar-refractivity contribution < 1.29 is 18.2 Å². The molecule has 0 saturated carbocycles. The fourth-order valence-electron chi connectivity index (χ4n) is 5.14. The minimum atomic E-state index is -3.20. The summed E-state index contributed by atoms with van der Waals surface area (Å²) in [5, 5.41) is 0. The van der Waals surface area contributed by atoms with Crippen LogP contribution in [0.4, 0.5) is 11.4 Å². The van der Waals surface area contributed by atoms with Crippen LogP contribution in [-0.2, 0) is 13.6 Å². The van der Waals surface area contributed by atoms with Crippen molar-refractivity contribution in [2.24, 2.45) is 0 Å². The lowest BCUT2D eigenvalue weighted by Crippen LogP contribution is -2.36. The van der Waals surface area contributed by atoms with Gasteiger partial charge in [0.15, 0.2) is 0 Å². The minimum Gasteiger partial charge on any atom is -0.309 e. The minimum absolute atomic E-state index is 0.0286. The lowest BCUT2D eigenvalue weighted by Gasteiger charge is -2.24. The zero-order valence-electron chi connectivity index (χ0n) is 20.9. The summed E-state index contributed by atoms with van der Waals surface area (Å²) in [6.45, 7) is 18.1. The predicted octanol–water partition coefficient (Wildman–Crippen LogP) is 6.36. The molecule has 1 aliphatic rings. The number of hydrogen-bond donors (Lipinski definition) is 0. The highest BCUT2D eigenvalue weighted by atomic mass is 31.2. The summed E-state index contributed by atoms with van der Waals surface area (Å²) in [7, 11) is -3.20. The number of hydrogen-bond acceptors (Lipinski definition) is 4. The van der Waals surface area contributed by atoms with Gasteiger partial charge in [0.05, 0.1) is 19.4 Å². The Morgan fingerprint density at radius 1 is 0.875 bits per heavy atom. The highest BCUT2D eigenvalue weighted by Gasteiger charge is 2.42. The van der Waals surface area contributed by atoms with Gasteiger partial charge in [-0.3, -0.25) is 4.57 Å². The Balaban J connectivity index is 2.11. The lowest BCUT2D eigenvalue weighted by molar-refractivity contribution is -0.428. The summed E-state index contributed by atoms with van der Waals surface area (Å²) in [5.74, 6) is 0. The maximum atomic E-state index is 13.5. The molecule has 1 atom stereocenters. The Hall–Kier alpha value is -1.94. The number of aryl methyl sites for hydroxylation is 6. The third kappa shape index (κ3) is 5.17. The van der Waals surface area contributed by atoms with Crippen LogP contribution in [0.25, 0.3) is 0 Å². The zero-order valence-corrected chi connectivity index (χ0v) is 21.8. The van der Waals surface area contributed by atoms with Crippen LogP contribution in [-0.4, -0.2) is 42.9 Å². The Morgan fingerprint density at radius 3 is 1.81 bits per heavy atom. The number of rotatable bonds is 8. The first kappa shape index (κ1) is 24.7. The van der Waals surface area contributed by atoms with Crippen molar-refractivity contribution in [1.29, 1.82) is 0 Å². The fraction of sp³-hybridized carbons (Fsp3) is 0.500. The molecule has 0 aromatic heterocycles. The Kier molecular flexibility index (Phi) is 7.65. The third-order valence-electron chi connectivity index (χ3n) is 5.97. The van der Waals surface area contributed by atoms with Crippen molar-refractivity contribution in [2.45, 2.75) is 61.4 Å². The molecular weight excluding hydrogens is 419 g/mol. The molecule has 0 N–H and O–H groups in total. The molecule has 0 aliphatic carbocycles. The van der Waals surface area contributed by atoms with Gasteiger partial charge in [-0.15, -0.1) is 0 Å². The van der Waals surface area contributed by atoms with E-state index in [1.807, 2.05) is 13.8 Å². The van der Waals surface area contributed by atoms with E-state index in [4.69, 9.17) is 9.05 Å². The first-order valence-corrected chi connectivity index (χ1v) is 13.2. The molecule has 0 spiro atoms. The predicted molar refractivity (Wildman–Crippen MR) is 134 cm³/mol. The molecule has 32 heavy (non-hydrogen) atoms. The van der Waals surface area contributed by atoms with Crippen LogP contribution in [0.2, 0.25) is 0 Å². The van der Waals surface area contributed by atoms with E-state index in [9.17, 15) is 4.57 Å². The molecule has 0 radical (unpaired) electrons. The first-order valence-electron chi connectivity index (χ1n) is 11.5. The lowest BCUT2D eigenvalue weighted by atomic mass is 10.0. The van der Waals surface area contributed by atoms with Gasteiger partial charge in [-0.2, -0.15) is 0 Å². The van der Waals surface area contributed by atoms with Crippen LogP contribution >= 0.6 is 7.60 Å². The van der Waals surface area contributed by atoms with Crippen LogP contribution in [0, 0.1) is 41.5 Å². The molecule has 2 aromatic carbocycles. The summed E-state index contributed by atoms with van der Waals surface area (Å²) in [4.78, 5) is 2.29. The fourth-order valence-corrected chi connectivity index (χ4v) is 7.02. The second-order valence-electron chi connectivity index (χ2n) is 8.95. The SMILES string of the molecule is CCOP(=O)(CC1C[N+](c2c(C)cc(C)cc2C)=CN1c1c(C)cc(C)cc1C)OCC. The Labute approximate surface area is 193 Å². The highest BCUT2D eigenvalue weighted by molar-refractivity contribution is 7.53. The molecule has 3 rings (SSSR count). The Bertz CT molecular complexity index is 1020. The van der Waals surface area contributed by atoms with E-state index in [0.717, 1.165) is 6.54 Å². The largest absolute Gasteiger partial charge is 0.335 e. The summed E-state index contributed by atoms with van der Waals surface area (Å²) in [6, 6.07) is 8.84. The van der Waals surface area contributed by atoms with Crippen LogP contribution in [0.3, 0.4) is 0 Å². The third-order valence-corrected chi connectivity index (χ3v) is 8.14. The maximum absolute atomic E-state index is 13.5. The molecule has 1 heterocycles. The first-order chi connectivity index (χ1) is 15.1. The summed E-state index contributed by atoms with van der Waals surface area (Å²) in [6.07, 6.45) is 2.53. The average Bonchev–Trinajstić information content (AvgIpc) is 3.02. The van der Waals surface area contributed by atoms with E-state index >= 15 is 0 Å². The van der Waals surface area contributed by atoms with E-state index in [0.29, 0.717) is 19.4 Å². The van der Waals surface area contributed by atoms with Crippen LogP contribution < -0.4 is 4.90 Å². The van der Waals surface area contributed by atoms with Crippen LogP contribution in [0.15, 0.2) is 24.3 Å². The quantitative estimate of drug-likeness (QED) is 0.341. The van der Waals surface area contributed by atoms with E-state index < -0.39 is 7.60 Å². The number of nitrogens with zero attached hydrogens (tertiary/aromatic N) is 2. The molecule has 0 amide bonds.